The summed E-state index contributed by atoms with van der Waals surface area (Å²) in [5, 5.41) is 2.38. The van der Waals surface area contributed by atoms with Gasteiger partial charge in [0.15, 0.2) is 0 Å². The molecular weight excluding hydrogens is 118 g/mol. The van der Waals surface area contributed by atoms with Crippen LogP contribution in [-0.2, 0) is 9.59 Å². The SMILES string of the molecule is CCCC(C=O)NC=O. The van der Waals surface area contributed by atoms with Crippen molar-refractivity contribution in [1.29, 1.82) is 0 Å². The minimum Gasteiger partial charge on any atom is -0.349 e. The van der Waals surface area contributed by atoms with E-state index in [-0.39, 0.29) is 6.04 Å². The van der Waals surface area contributed by atoms with Crippen molar-refractivity contribution >= 4 is 12.7 Å². The fourth-order valence-electron chi connectivity index (χ4n) is 0.589. The van der Waals surface area contributed by atoms with Gasteiger partial charge in [-0.2, -0.15) is 0 Å². The summed E-state index contributed by atoms with van der Waals surface area (Å²) in [6, 6.07) is -0.285. The molecule has 1 unspecified atom stereocenters. The third-order valence-corrected chi connectivity index (χ3v) is 1.05. The minimum absolute atomic E-state index is 0.285. The molecule has 3 nitrogen and oxygen atoms in total. The molecule has 0 saturated heterocycles. The van der Waals surface area contributed by atoms with Crippen LogP contribution in [0.15, 0.2) is 0 Å². The van der Waals surface area contributed by atoms with Gasteiger partial charge in [-0.25, -0.2) is 0 Å². The predicted octanol–water partition coefficient (Wildman–Crippen LogP) is 0.1000. The first-order chi connectivity index (χ1) is 4.35. The first kappa shape index (κ1) is 8.14. The number of hydrogen-bond donors (Lipinski definition) is 1. The maximum absolute atomic E-state index is 10.1. The van der Waals surface area contributed by atoms with Gasteiger partial charge in [0.1, 0.15) is 6.29 Å². The average molecular weight is 129 g/mol. The van der Waals surface area contributed by atoms with Gasteiger partial charge >= 0.3 is 0 Å². The smallest absolute Gasteiger partial charge is 0.207 e. The highest BCUT2D eigenvalue weighted by molar-refractivity contribution is 5.63. The van der Waals surface area contributed by atoms with Crippen LogP contribution in [0.4, 0.5) is 0 Å². The van der Waals surface area contributed by atoms with E-state index in [4.69, 9.17) is 0 Å². The van der Waals surface area contributed by atoms with E-state index in [0.717, 1.165) is 19.1 Å². The molecule has 0 aliphatic heterocycles. The molecule has 0 fully saturated rings. The van der Waals surface area contributed by atoms with Gasteiger partial charge in [-0.15, -0.1) is 0 Å². The summed E-state index contributed by atoms with van der Waals surface area (Å²) in [5.74, 6) is 0. The highest BCUT2D eigenvalue weighted by Gasteiger charge is 2.00. The lowest BCUT2D eigenvalue weighted by Crippen LogP contribution is -2.28. The van der Waals surface area contributed by atoms with E-state index < -0.39 is 0 Å². The highest BCUT2D eigenvalue weighted by Crippen LogP contribution is 1.90. The fraction of sp³-hybridized carbons (Fsp3) is 0.667. The predicted molar refractivity (Wildman–Crippen MR) is 34.0 cm³/mol. The molecule has 0 bridgehead atoms. The van der Waals surface area contributed by atoms with Crippen molar-refractivity contribution in [3.05, 3.63) is 0 Å². The number of carbonyl (C=O) groups excluding carboxylic acids is 2. The van der Waals surface area contributed by atoms with Gasteiger partial charge in [0.05, 0.1) is 6.04 Å². The summed E-state index contributed by atoms with van der Waals surface area (Å²) in [7, 11) is 0. The molecule has 0 rings (SSSR count). The maximum Gasteiger partial charge on any atom is 0.207 e. The summed E-state index contributed by atoms with van der Waals surface area (Å²) in [6.07, 6.45) is 2.93. The summed E-state index contributed by atoms with van der Waals surface area (Å²) < 4.78 is 0. The Kier molecular flexibility index (Phi) is 4.78. The molecular formula is C6H11NO2. The monoisotopic (exact) mass is 129 g/mol. The molecule has 0 heterocycles. The van der Waals surface area contributed by atoms with Crippen LogP contribution in [0.3, 0.4) is 0 Å². The van der Waals surface area contributed by atoms with Crippen molar-refractivity contribution < 1.29 is 9.59 Å². The van der Waals surface area contributed by atoms with Crippen LogP contribution in [0.2, 0.25) is 0 Å². The molecule has 0 aliphatic rings. The van der Waals surface area contributed by atoms with Crippen LogP contribution in [0.1, 0.15) is 19.8 Å². The fourth-order valence-corrected chi connectivity index (χ4v) is 0.589. The van der Waals surface area contributed by atoms with E-state index in [0.29, 0.717) is 6.41 Å². The highest BCUT2D eigenvalue weighted by atomic mass is 16.1. The molecule has 0 aromatic rings. The lowest BCUT2D eigenvalue weighted by atomic mass is 10.2. The molecule has 0 saturated carbocycles. The van der Waals surface area contributed by atoms with Crippen LogP contribution >= 0.6 is 0 Å². The van der Waals surface area contributed by atoms with Crippen molar-refractivity contribution in [1.82, 2.24) is 5.32 Å². The van der Waals surface area contributed by atoms with Crippen molar-refractivity contribution in [3.8, 4) is 0 Å². The second-order valence-corrected chi connectivity index (χ2v) is 1.82. The first-order valence-electron chi connectivity index (χ1n) is 3.00. The zero-order chi connectivity index (χ0) is 7.11. The Balaban J connectivity index is 3.40. The molecule has 52 valence electrons. The third kappa shape index (κ3) is 3.70. The first-order valence-corrected chi connectivity index (χ1v) is 3.00. The maximum atomic E-state index is 10.1. The van der Waals surface area contributed by atoms with Gasteiger partial charge < -0.3 is 10.1 Å². The normalized spacial score (nSPS) is 12.1. The van der Waals surface area contributed by atoms with E-state index in [9.17, 15) is 9.59 Å². The van der Waals surface area contributed by atoms with Gasteiger partial charge in [-0.1, -0.05) is 13.3 Å². The van der Waals surface area contributed by atoms with Gasteiger partial charge in [-0.05, 0) is 6.42 Å². The number of nitrogens with one attached hydrogen (secondary N) is 1. The largest absolute Gasteiger partial charge is 0.349 e. The Bertz CT molecular complexity index is 93.1. The molecule has 0 aromatic heterocycles. The van der Waals surface area contributed by atoms with Crippen molar-refractivity contribution in [2.45, 2.75) is 25.8 Å². The lowest BCUT2D eigenvalue weighted by molar-refractivity contribution is -0.115. The molecule has 0 radical (unpaired) electrons. The lowest BCUT2D eigenvalue weighted by Gasteiger charge is -2.04. The van der Waals surface area contributed by atoms with Crippen LogP contribution in [0.25, 0.3) is 0 Å². The van der Waals surface area contributed by atoms with Crippen molar-refractivity contribution in [2.24, 2.45) is 0 Å². The van der Waals surface area contributed by atoms with Gasteiger partial charge in [0.25, 0.3) is 0 Å². The third-order valence-electron chi connectivity index (χ3n) is 1.05. The zero-order valence-electron chi connectivity index (χ0n) is 5.46. The zero-order valence-corrected chi connectivity index (χ0v) is 5.46. The van der Waals surface area contributed by atoms with Crippen LogP contribution in [0, 0.1) is 0 Å². The Morgan fingerprint density at radius 3 is 2.56 bits per heavy atom. The average Bonchev–Trinajstić information content (AvgIpc) is 1.88. The Labute approximate surface area is 54.4 Å². The van der Waals surface area contributed by atoms with Crippen molar-refractivity contribution in [2.75, 3.05) is 0 Å². The van der Waals surface area contributed by atoms with Crippen LogP contribution in [0.5, 0.6) is 0 Å². The molecule has 1 amide bonds. The number of hydrogen-bond acceptors (Lipinski definition) is 2. The topological polar surface area (TPSA) is 46.2 Å². The Hall–Kier alpha value is -0.860. The summed E-state index contributed by atoms with van der Waals surface area (Å²) in [5.41, 5.74) is 0. The van der Waals surface area contributed by atoms with E-state index in [2.05, 4.69) is 5.32 Å². The Morgan fingerprint density at radius 1 is 1.56 bits per heavy atom. The number of rotatable bonds is 5. The van der Waals surface area contributed by atoms with E-state index in [1.165, 1.54) is 0 Å². The van der Waals surface area contributed by atoms with E-state index in [1.807, 2.05) is 6.92 Å². The van der Waals surface area contributed by atoms with Gasteiger partial charge in [0, 0.05) is 0 Å². The van der Waals surface area contributed by atoms with Gasteiger partial charge in [-0.3, -0.25) is 4.79 Å². The molecule has 1 N–H and O–H groups in total. The molecule has 3 heteroatoms. The second-order valence-electron chi connectivity index (χ2n) is 1.82. The molecule has 0 spiro atoms. The molecule has 0 aromatic carbocycles. The molecule has 9 heavy (non-hydrogen) atoms. The number of carbonyl (C=O) groups is 2. The van der Waals surface area contributed by atoms with Crippen LogP contribution < -0.4 is 5.32 Å². The standard InChI is InChI=1S/C6H11NO2/c1-2-3-6(4-8)7-5-9/h4-6H,2-3H2,1H3,(H,7,9). The molecule has 0 aliphatic carbocycles. The number of amides is 1. The summed E-state index contributed by atoms with van der Waals surface area (Å²) in [4.78, 5) is 19.8. The summed E-state index contributed by atoms with van der Waals surface area (Å²) >= 11 is 0. The quantitative estimate of drug-likeness (QED) is 0.535. The Morgan fingerprint density at radius 2 is 2.22 bits per heavy atom. The number of aldehydes is 1. The van der Waals surface area contributed by atoms with Crippen molar-refractivity contribution in [3.63, 3.8) is 0 Å². The van der Waals surface area contributed by atoms with Gasteiger partial charge in [0.2, 0.25) is 6.41 Å². The molecule has 1 atom stereocenters. The van der Waals surface area contributed by atoms with E-state index >= 15 is 0 Å². The minimum atomic E-state index is -0.285. The van der Waals surface area contributed by atoms with E-state index in [1.54, 1.807) is 0 Å². The second kappa shape index (κ2) is 5.28. The van der Waals surface area contributed by atoms with Crippen LogP contribution in [-0.4, -0.2) is 18.7 Å². The summed E-state index contributed by atoms with van der Waals surface area (Å²) in [6.45, 7) is 1.96.